The highest BCUT2D eigenvalue weighted by Crippen LogP contribution is 2.31. The van der Waals surface area contributed by atoms with Gasteiger partial charge in [-0.15, -0.1) is 0 Å². The third-order valence-electron chi connectivity index (χ3n) is 2.62. The summed E-state index contributed by atoms with van der Waals surface area (Å²) in [5.74, 6) is 0. The average Bonchev–Trinajstić information content (AvgIpc) is 2.92. The van der Waals surface area contributed by atoms with E-state index in [1.807, 2.05) is 0 Å². The Hall–Kier alpha value is -0.820. The van der Waals surface area contributed by atoms with Crippen molar-refractivity contribution in [2.45, 2.75) is 12.6 Å². The highest BCUT2D eigenvalue weighted by atomic mass is 79.9. The van der Waals surface area contributed by atoms with Gasteiger partial charge in [0.05, 0.1) is 41.8 Å². The molecular formula is C11H13BrClN3O2. The van der Waals surface area contributed by atoms with E-state index in [0.29, 0.717) is 18.4 Å². The van der Waals surface area contributed by atoms with Gasteiger partial charge in [0.2, 0.25) is 0 Å². The van der Waals surface area contributed by atoms with Crippen LogP contribution in [0.15, 0.2) is 27.4 Å². The summed E-state index contributed by atoms with van der Waals surface area (Å²) in [4.78, 5) is 0. The number of aromatic nitrogens is 2. The van der Waals surface area contributed by atoms with Crippen molar-refractivity contribution in [2.24, 2.45) is 5.73 Å². The highest BCUT2D eigenvalue weighted by molar-refractivity contribution is 9.10. The standard InChI is InChI=1S/C11H13BrClN3O2/c1-17-5-3-16-10(8(12)6-15-16)9(14)7-2-4-18-11(7)13/h2,4,6,9H,3,5,14H2,1H3. The maximum Gasteiger partial charge on any atom is 0.198 e. The van der Waals surface area contributed by atoms with Crippen molar-refractivity contribution >= 4 is 27.5 Å². The molecule has 0 saturated heterocycles. The van der Waals surface area contributed by atoms with Crippen molar-refractivity contribution in [1.29, 1.82) is 0 Å². The second kappa shape index (κ2) is 5.88. The Balaban J connectivity index is 2.32. The van der Waals surface area contributed by atoms with Gasteiger partial charge in [-0.25, -0.2) is 0 Å². The van der Waals surface area contributed by atoms with Crippen LogP contribution >= 0.6 is 27.5 Å². The molecule has 18 heavy (non-hydrogen) atoms. The molecule has 1 atom stereocenters. The van der Waals surface area contributed by atoms with Gasteiger partial charge in [-0.3, -0.25) is 4.68 Å². The summed E-state index contributed by atoms with van der Waals surface area (Å²) in [7, 11) is 1.64. The Labute approximate surface area is 118 Å². The van der Waals surface area contributed by atoms with Gasteiger partial charge in [0, 0.05) is 12.7 Å². The fourth-order valence-corrected chi connectivity index (χ4v) is 2.49. The number of methoxy groups -OCH3 is 1. The summed E-state index contributed by atoms with van der Waals surface area (Å²) in [6.45, 7) is 1.19. The van der Waals surface area contributed by atoms with Crippen LogP contribution in [0.2, 0.25) is 5.22 Å². The third-order valence-corrected chi connectivity index (χ3v) is 3.53. The Morgan fingerprint density at radius 1 is 1.67 bits per heavy atom. The monoisotopic (exact) mass is 333 g/mol. The molecule has 0 saturated carbocycles. The lowest BCUT2D eigenvalue weighted by Crippen LogP contribution is -2.19. The summed E-state index contributed by atoms with van der Waals surface area (Å²) in [5, 5.41) is 4.55. The van der Waals surface area contributed by atoms with Gasteiger partial charge in [-0.05, 0) is 33.6 Å². The molecule has 0 aliphatic carbocycles. The zero-order chi connectivity index (χ0) is 13.1. The molecule has 2 heterocycles. The number of hydrogen-bond donors (Lipinski definition) is 1. The van der Waals surface area contributed by atoms with Crippen LogP contribution in [0.1, 0.15) is 17.3 Å². The largest absolute Gasteiger partial charge is 0.453 e. The molecular weight excluding hydrogens is 321 g/mol. The number of furan rings is 1. The molecule has 0 spiro atoms. The molecule has 2 aromatic heterocycles. The molecule has 0 aliphatic rings. The fourth-order valence-electron chi connectivity index (χ4n) is 1.71. The topological polar surface area (TPSA) is 66.2 Å². The van der Waals surface area contributed by atoms with E-state index in [0.717, 1.165) is 15.7 Å². The first-order valence-electron chi connectivity index (χ1n) is 5.33. The fraction of sp³-hybridized carbons (Fsp3) is 0.364. The van der Waals surface area contributed by atoms with E-state index >= 15 is 0 Å². The molecule has 98 valence electrons. The molecule has 1 unspecified atom stereocenters. The van der Waals surface area contributed by atoms with Crippen LogP contribution in [0, 0.1) is 0 Å². The van der Waals surface area contributed by atoms with Crippen LogP contribution in [0.4, 0.5) is 0 Å². The molecule has 2 rings (SSSR count). The number of hydrogen-bond acceptors (Lipinski definition) is 4. The van der Waals surface area contributed by atoms with Gasteiger partial charge < -0.3 is 14.9 Å². The van der Waals surface area contributed by atoms with E-state index in [2.05, 4.69) is 21.0 Å². The van der Waals surface area contributed by atoms with Crippen molar-refractivity contribution in [3.8, 4) is 0 Å². The quantitative estimate of drug-likeness (QED) is 0.912. The minimum absolute atomic E-state index is 0.300. The van der Waals surface area contributed by atoms with Crippen molar-refractivity contribution in [3.63, 3.8) is 0 Å². The third kappa shape index (κ3) is 2.61. The zero-order valence-corrected chi connectivity index (χ0v) is 12.1. The number of nitrogens with zero attached hydrogens (tertiary/aromatic N) is 2. The average molecular weight is 335 g/mol. The molecule has 0 fully saturated rings. The van der Waals surface area contributed by atoms with E-state index in [-0.39, 0.29) is 0 Å². The second-order valence-electron chi connectivity index (χ2n) is 3.72. The molecule has 0 amide bonds. The molecule has 2 aromatic rings. The van der Waals surface area contributed by atoms with E-state index in [4.69, 9.17) is 26.5 Å². The summed E-state index contributed by atoms with van der Waals surface area (Å²) in [5.41, 5.74) is 7.78. The maximum absolute atomic E-state index is 6.20. The lowest BCUT2D eigenvalue weighted by Gasteiger charge is -2.14. The SMILES string of the molecule is COCCn1ncc(Br)c1C(N)c1ccoc1Cl. The van der Waals surface area contributed by atoms with Gasteiger partial charge in [-0.2, -0.15) is 5.10 Å². The first-order valence-corrected chi connectivity index (χ1v) is 6.51. The first kappa shape index (κ1) is 13.6. The van der Waals surface area contributed by atoms with Crippen LogP contribution < -0.4 is 5.73 Å². The Morgan fingerprint density at radius 2 is 2.44 bits per heavy atom. The van der Waals surface area contributed by atoms with E-state index < -0.39 is 6.04 Å². The molecule has 0 aromatic carbocycles. The molecule has 5 nitrogen and oxygen atoms in total. The second-order valence-corrected chi connectivity index (χ2v) is 4.92. The van der Waals surface area contributed by atoms with Gasteiger partial charge >= 0.3 is 0 Å². The Bertz CT molecular complexity index is 526. The Kier molecular flexibility index (Phi) is 4.45. The van der Waals surface area contributed by atoms with Gasteiger partial charge in [0.1, 0.15) is 0 Å². The van der Waals surface area contributed by atoms with Crippen LogP contribution in [0.3, 0.4) is 0 Å². The summed E-state index contributed by atoms with van der Waals surface area (Å²) in [6, 6.07) is 1.36. The number of halogens is 2. The molecule has 7 heteroatoms. The van der Waals surface area contributed by atoms with Crippen LogP contribution in [-0.2, 0) is 11.3 Å². The zero-order valence-electron chi connectivity index (χ0n) is 9.77. The van der Waals surface area contributed by atoms with Crippen LogP contribution in [-0.4, -0.2) is 23.5 Å². The van der Waals surface area contributed by atoms with Crippen molar-refractivity contribution in [1.82, 2.24) is 9.78 Å². The van der Waals surface area contributed by atoms with Gasteiger partial charge in [0.25, 0.3) is 0 Å². The molecule has 2 N–H and O–H groups in total. The van der Waals surface area contributed by atoms with Gasteiger partial charge in [0.15, 0.2) is 5.22 Å². The lowest BCUT2D eigenvalue weighted by molar-refractivity contribution is 0.182. The summed E-state index contributed by atoms with van der Waals surface area (Å²) in [6.07, 6.45) is 3.22. The van der Waals surface area contributed by atoms with E-state index in [1.165, 1.54) is 6.26 Å². The minimum atomic E-state index is -0.398. The molecule has 0 bridgehead atoms. The number of rotatable bonds is 5. The summed E-state index contributed by atoms with van der Waals surface area (Å²) >= 11 is 9.39. The molecule has 0 aliphatic heterocycles. The Morgan fingerprint density at radius 3 is 3.06 bits per heavy atom. The normalized spacial score (nSPS) is 12.9. The summed E-state index contributed by atoms with van der Waals surface area (Å²) < 4.78 is 12.7. The number of nitrogens with two attached hydrogens (primary N) is 1. The van der Waals surface area contributed by atoms with Crippen LogP contribution in [0.5, 0.6) is 0 Å². The number of ether oxygens (including phenoxy) is 1. The van der Waals surface area contributed by atoms with E-state index in [9.17, 15) is 0 Å². The smallest absolute Gasteiger partial charge is 0.198 e. The molecule has 0 radical (unpaired) electrons. The first-order chi connectivity index (χ1) is 8.65. The van der Waals surface area contributed by atoms with Crippen LogP contribution in [0.25, 0.3) is 0 Å². The predicted molar refractivity (Wildman–Crippen MR) is 71.6 cm³/mol. The predicted octanol–water partition coefficient (Wildman–Crippen LogP) is 2.59. The van der Waals surface area contributed by atoms with Crippen molar-refractivity contribution < 1.29 is 9.15 Å². The minimum Gasteiger partial charge on any atom is -0.453 e. The van der Waals surface area contributed by atoms with Crippen molar-refractivity contribution in [2.75, 3.05) is 13.7 Å². The van der Waals surface area contributed by atoms with E-state index in [1.54, 1.807) is 24.1 Å². The van der Waals surface area contributed by atoms with Crippen molar-refractivity contribution in [3.05, 3.63) is 39.5 Å². The highest BCUT2D eigenvalue weighted by Gasteiger charge is 2.21. The lowest BCUT2D eigenvalue weighted by atomic mass is 10.1. The van der Waals surface area contributed by atoms with Gasteiger partial charge in [-0.1, -0.05) is 0 Å². The maximum atomic E-state index is 6.20.